The molecule has 5 nitrogen and oxygen atoms in total. The number of imide groups is 1. The van der Waals surface area contributed by atoms with Crippen LogP contribution < -0.4 is 15.5 Å². The van der Waals surface area contributed by atoms with Crippen molar-refractivity contribution >= 4 is 17.5 Å². The zero-order valence-corrected chi connectivity index (χ0v) is 11.8. The summed E-state index contributed by atoms with van der Waals surface area (Å²) in [5, 5.41) is 5.91. The van der Waals surface area contributed by atoms with E-state index in [0.717, 1.165) is 31.6 Å². The van der Waals surface area contributed by atoms with Gasteiger partial charge in [-0.15, -0.1) is 0 Å². The van der Waals surface area contributed by atoms with Crippen LogP contribution in [0.15, 0.2) is 30.3 Å². The van der Waals surface area contributed by atoms with Crippen molar-refractivity contribution in [1.82, 2.24) is 10.6 Å². The molecule has 3 heterocycles. The number of amides is 2. The number of nitrogens with one attached hydrogen (secondary N) is 2. The number of piperidine rings is 1. The van der Waals surface area contributed by atoms with Gasteiger partial charge in [0.15, 0.2) is 0 Å². The molecule has 2 amide bonds. The monoisotopic (exact) mass is 285 g/mol. The Bertz CT molecular complexity index is 580. The standard InChI is InChI=1S/C16H19N3O2/c20-14-12-10-19(11-4-2-1-3-5-11)16(6-8-17-9-7-16)13(12)15(21)18-14/h1-5,12-13,17H,6-10H2,(H,18,20,21). The molecule has 110 valence electrons. The van der Waals surface area contributed by atoms with Gasteiger partial charge in [-0.25, -0.2) is 0 Å². The van der Waals surface area contributed by atoms with Gasteiger partial charge < -0.3 is 10.2 Å². The molecule has 1 aromatic carbocycles. The third kappa shape index (κ3) is 1.73. The molecule has 3 aliphatic heterocycles. The van der Waals surface area contributed by atoms with Crippen molar-refractivity contribution < 1.29 is 9.59 Å². The molecule has 0 saturated carbocycles. The first-order valence-corrected chi connectivity index (χ1v) is 7.60. The average Bonchev–Trinajstić information content (AvgIpc) is 2.98. The Labute approximate surface area is 123 Å². The number of carbonyl (C=O) groups is 2. The summed E-state index contributed by atoms with van der Waals surface area (Å²) in [4.78, 5) is 26.8. The Hall–Kier alpha value is -1.88. The van der Waals surface area contributed by atoms with Crippen molar-refractivity contribution in [1.29, 1.82) is 0 Å². The van der Waals surface area contributed by atoms with E-state index in [1.54, 1.807) is 0 Å². The predicted octanol–water partition coefficient (Wildman–Crippen LogP) is 0.518. The minimum absolute atomic E-state index is 0.0784. The van der Waals surface area contributed by atoms with Gasteiger partial charge in [0.05, 0.1) is 17.4 Å². The van der Waals surface area contributed by atoms with E-state index in [1.165, 1.54) is 0 Å². The number of fused-ring (bicyclic) bond motifs is 2. The number of benzene rings is 1. The van der Waals surface area contributed by atoms with Crippen LogP contribution in [0.4, 0.5) is 5.69 Å². The van der Waals surface area contributed by atoms with Gasteiger partial charge in [-0.2, -0.15) is 0 Å². The third-order valence-corrected chi connectivity index (χ3v) is 5.30. The second-order valence-corrected chi connectivity index (χ2v) is 6.24. The van der Waals surface area contributed by atoms with Crippen molar-refractivity contribution in [3.05, 3.63) is 30.3 Å². The second-order valence-electron chi connectivity index (χ2n) is 6.24. The SMILES string of the molecule is O=C1NC(=O)C2C1CN(c1ccccc1)C21CCNCC1. The summed E-state index contributed by atoms with van der Waals surface area (Å²) in [6.45, 7) is 2.44. The van der Waals surface area contributed by atoms with E-state index < -0.39 is 0 Å². The Kier molecular flexibility index (Phi) is 2.79. The molecule has 1 spiro atoms. The highest BCUT2D eigenvalue weighted by Gasteiger charge is 2.62. The van der Waals surface area contributed by atoms with Crippen LogP contribution in [0.5, 0.6) is 0 Å². The lowest BCUT2D eigenvalue weighted by molar-refractivity contribution is -0.127. The number of anilines is 1. The van der Waals surface area contributed by atoms with E-state index >= 15 is 0 Å². The van der Waals surface area contributed by atoms with Crippen molar-refractivity contribution in [2.24, 2.45) is 11.8 Å². The topological polar surface area (TPSA) is 61.4 Å². The number of carbonyl (C=O) groups excluding carboxylic acids is 2. The van der Waals surface area contributed by atoms with E-state index in [0.29, 0.717) is 6.54 Å². The fourth-order valence-corrected chi connectivity index (χ4v) is 4.39. The normalized spacial score (nSPS) is 30.6. The van der Waals surface area contributed by atoms with Crippen LogP contribution in [0, 0.1) is 11.8 Å². The molecule has 3 fully saturated rings. The lowest BCUT2D eigenvalue weighted by Crippen LogP contribution is -2.56. The minimum Gasteiger partial charge on any atom is -0.364 e. The summed E-state index contributed by atoms with van der Waals surface area (Å²) in [6, 6.07) is 10.2. The number of nitrogens with zero attached hydrogens (tertiary/aromatic N) is 1. The lowest BCUT2D eigenvalue weighted by atomic mass is 9.74. The molecule has 21 heavy (non-hydrogen) atoms. The summed E-state index contributed by atoms with van der Waals surface area (Å²) < 4.78 is 0. The maximum absolute atomic E-state index is 12.3. The van der Waals surface area contributed by atoms with Crippen molar-refractivity contribution in [3.8, 4) is 0 Å². The Balaban J connectivity index is 1.80. The summed E-state index contributed by atoms with van der Waals surface area (Å²) in [7, 11) is 0. The van der Waals surface area contributed by atoms with E-state index in [2.05, 4.69) is 27.7 Å². The Morgan fingerprint density at radius 2 is 1.76 bits per heavy atom. The van der Waals surface area contributed by atoms with Gasteiger partial charge in [0.25, 0.3) is 0 Å². The van der Waals surface area contributed by atoms with E-state index in [4.69, 9.17) is 0 Å². The Morgan fingerprint density at radius 3 is 2.48 bits per heavy atom. The van der Waals surface area contributed by atoms with Crippen LogP contribution in [0.2, 0.25) is 0 Å². The zero-order chi connectivity index (χ0) is 14.4. The van der Waals surface area contributed by atoms with Crippen LogP contribution in [0.3, 0.4) is 0 Å². The highest BCUT2D eigenvalue weighted by molar-refractivity contribution is 6.07. The summed E-state index contributed by atoms with van der Waals surface area (Å²) >= 11 is 0. The highest BCUT2D eigenvalue weighted by Crippen LogP contribution is 2.48. The smallest absolute Gasteiger partial charge is 0.232 e. The highest BCUT2D eigenvalue weighted by atomic mass is 16.2. The van der Waals surface area contributed by atoms with Crippen LogP contribution >= 0.6 is 0 Å². The molecule has 5 heteroatoms. The van der Waals surface area contributed by atoms with Crippen molar-refractivity contribution in [2.45, 2.75) is 18.4 Å². The number of rotatable bonds is 1. The van der Waals surface area contributed by atoms with Crippen molar-refractivity contribution in [3.63, 3.8) is 0 Å². The van der Waals surface area contributed by atoms with Gasteiger partial charge in [-0.1, -0.05) is 18.2 Å². The first kappa shape index (κ1) is 12.8. The Morgan fingerprint density at radius 1 is 1.05 bits per heavy atom. The van der Waals surface area contributed by atoms with Crippen LogP contribution in [-0.4, -0.2) is 37.0 Å². The molecule has 3 saturated heterocycles. The molecule has 2 N–H and O–H groups in total. The van der Waals surface area contributed by atoms with E-state index in [-0.39, 0.29) is 29.2 Å². The molecule has 0 bridgehead atoms. The average molecular weight is 285 g/mol. The first-order chi connectivity index (χ1) is 10.2. The molecular formula is C16H19N3O2. The molecule has 2 atom stereocenters. The van der Waals surface area contributed by atoms with E-state index in [1.807, 2.05) is 18.2 Å². The quantitative estimate of drug-likeness (QED) is 0.739. The van der Waals surface area contributed by atoms with Gasteiger partial charge in [-0.05, 0) is 38.1 Å². The molecule has 1 aromatic rings. The fourth-order valence-electron chi connectivity index (χ4n) is 4.39. The van der Waals surface area contributed by atoms with Gasteiger partial charge in [0, 0.05) is 12.2 Å². The summed E-state index contributed by atoms with van der Waals surface area (Å²) in [5.41, 5.74) is 0.905. The van der Waals surface area contributed by atoms with E-state index in [9.17, 15) is 9.59 Å². The molecule has 0 radical (unpaired) electrons. The molecule has 3 aliphatic rings. The van der Waals surface area contributed by atoms with Gasteiger partial charge in [-0.3, -0.25) is 14.9 Å². The number of hydrogen-bond donors (Lipinski definition) is 2. The molecule has 0 aromatic heterocycles. The van der Waals surface area contributed by atoms with Crippen molar-refractivity contribution in [2.75, 3.05) is 24.5 Å². The predicted molar refractivity (Wildman–Crippen MR) is 78.8 cm³/mol. The zero-order valence-electron chi connectivity index (χ0n) is 11.8. The first-order valence-electron chi connectivity index (χ1n) is 7.60. The molecular weight excluding hydrogens is 266 g/mol. The van der Waals surface area contributed by atoms with Crippen LogP contribution in [0.1, 0.15) is 12.8 Å². The number of hydrogen-bond acceptors (Lipinski definition) is 4. The second kappa shape index (κ2) is 4.56. The molecule has 2 unspecified atom stereocenters. The maximum Gasteiger partial charge on any atom is 0.232 e. The van der Waals surface area contributed by atoms with Gasteiger partial charge in [0.1, 0.15) is 0 Å². The molecule has 4 rings (SSSR count). The summed E-state index contributed by atoms with van der Waals surface area (Å²) in [6.07, 6.45) is 1.81. The number of para-hydroxylation sites is 1. The maximum atomic E-state index is 12.3. The summed E-state index contributed by atoms with van der Waals surface area (Å²) in [5.74, 6) is -0.574. The fraction of sp³-hybridized carbons (Fsp3) is 0.500. The van der Waals surface area contributed by atoms with Gasteiger partial charge >= 0.3 is 0 Å². The van der Waals surface area contributed by atoms with Gasteiger partial charge in [0.2, 0.25) is 11.8 Å². The minimum atomic E-state index is -0.215. The third-order valence-electron chi connectivity index (χ3n) is 5.30. The lowest BCUT2D eigenvalue weighted by Gasteiger charge is -2.45. The van der Waals surface area contributed by atoms with Crippen LogP contribution in [0.25, 0.3) is 0 Å². The largest absolute Gasteiger partial charge is 0.364 e. The molecule has 0 aliphatic carbocycles. The van der Waals surface area contributed by atoms with Crippen LogP contribution in [-0.2, 0) is 9.59 Å².